The molecule has 3 amide bonds. The van der Waals surface area contributed by atoms with Crippen LogP contribution in [-0.4, -0.2) is 57.6 Å². The molecule has 9 heteroatoms. The van der Waals surface area contributed by atoms with Gasteiger partial charge < -0.3 is 24.8 Å². The number of nitrogens with zero attached hydrogens (tertiary/aromatic N) is 2. The fourth-order valence-electron chi connectivity index (χ4n) is 5.94. The number of carbonyl (C=O) groups is 3. The summed E-state index contributed by atoms with van der Waals surface area (Å²) in [6.07, 6.45) is 9.05. The molecule has 1 spiro atoms. The lowest BCUT2D eigenvalue weighted by Gasteiger charge is -2.33. The van der Waals surface area contributed by atoms with E-state index in [0.29, 0.717) is 11.6 Å². The zero-order valence-electron chi connectivity index (χ0n) is 17.4. The van der Waals surface area contributed by atoms with Crippen molar-refractivity contribution in [3.8, 4) is 0 Å². The third-order valence-electron chi connectivity index (χ3n) is 7.38. The molecule has 5 atom stereocenters. The van der Waals surface area contributed by atoms with Crippen molar-refractivity contribution in [3.05, 3.63) is 24.0 Å². The van der Waals surface area contributed by atoms with Gasteiger partial charge in [0.15, 0.2) is 5.82 Å². The molecule has 5 aliphatic rings. The third-order valence-corrected chi connectivity index (χ3v) is 7.38. The van der Waals surface area contributed by atoms with E-state index in [9.17, 15) is 14.4 Å². The lowest BCUT2D eigenvalue weighted by Crippen LogP contribution is -2.56. The number of hydrogen-bond acceptors (Lipinski definition) is 6. The largest absolute Gasteiger partial charge is 0.360 e. The number of aryl methyl sites for hydroxylation is 1. The molecule has 2 N–H and O–H groups in total. The Morgan fingerprint density at radius 3 is 2.65 bits per heavy atom. The Kier molecular flexibility index (Phi) is 4.09. The van der Waals surface area contributed by atoms with Gasteiger partial charge in [-0.3, -0.25) is 14.4 Å². The summed E-state index contributed by atoms with van der Waals surface area (Å²) >= 11 is 0. The topological polar surface area (TPSA) is 114 Å². The number of ether oxygens (including phenoxy) is 1. The number of likely N-dealkylation sites (tertiary alicyclic amines) is 1. The maximum atomic E-state index is 13.6. The van der Waals surface area contributed by atoms with Gasteiger partial charge in [-0.1, -0.05) is 30.2 Å². The lowest BCUT2D eigenvalue weighted by molar-refractivity contribution is -0.142. The van der Waals surface area contributed by atoms with E-state index in [0.717, 1.165) is 38.5 Å². The number of rotatable bonds is 5. The molecule has 4 heterocycles. The van der Waals surface area contributed by atoms with Gasteiger partial charge in [-0.25, -0.2) is 0 Å². The smallest absolute Gasteiger partial charge is 0.246 e. The van der Waals surface area contributed by atoms with Crippen LogP contribution in [0, 0.1) is 18.8 Å². The van der Waals surface area contributed by atoms with Gasteiger partial charge in [0.25, 0.3) is 0 Å². The highest BCUT2D eigenvalue weighted by Crippen LogP contribution is 2.57. The fraction of sp³-hybridized carbons (Fsp3) is 0.636. The van der Waals surface area contributed by atoms with Crippen LogP contribution < -0.4 is 10.6 Å². The summed E-state index contributed by atoms with van der Waals surface area (Å²) in [6.45, 7) is 1.74. The van der Waals surface area contributed by atoms with E-state index >= 15 is 0 Å². The van der Waals surface area contributed by atoms with Gasteiger partial charge >= 0.3 is 0 Å². The number of hydrogen-bond donors (Lipinski definition) is 2. The summed E-state index contributed by atoms with van der Waals surface area (Å²) in [7, 11) is 0. The molecule has 164 valence electrons. The molecule has 6 rings (SSSR count). The van der Waals surface area contributed by atoms with Crippen molar-refractivity contribution in [3.63, 3.8) is 0 Å². The van der Waals surface area contributed by atoms with Crippen LogP contribution in [0.15, 0.2) is 22.7 Å². The molecule has 4 fully saturated rings. The van der Waals surface area contributed by atoms with Gasteiger partial charge in [0.2, 0.25) is 17.7 Å². The molecule has 2 saturated carbocycles. The highest BCUT2D eigenvalue weighted by atomic mass is 16.5. The Labute approximate surface area is 179 Å². The molecular weight excluding hydrogens is 400 g/mol. The lowest BCUT2D eigenvalue weighted by atomic mass is 9.74. The molecule has 2 saturated heterocycles. The molecule has 1 aromatic heterocycles. The number of fused-ring (bicyclic) bond motifs is 1. The molecule has 3 aliphatic heterocycles. The molecule has 1 aromatic rings. The first-order valence-electron chi connectivity index (χ1n) is 11.2. The standard InChI is InChI=1S/C22H26N4O5/c1-11-10-15(25-31-11)24-19(27)16-14-8-9-22(30-14)17(16)21(29)26(13-6-7-13)18(22)20(28)23-12-4-2-3-5-12/h8-10,12-14,16-18H,2-7H2,1H3,(H,23,28)(H,24,25,27)/t14-,16-,17+,18-,22-/m1/s1. The minimum Gasteiger partial charge on any atom is -0.360 e. The molecule has 0 unspecified atom stereocenters. The van der Waals surface area contributed by atoms with Crippen LogP contribution in [-0.2, 0) is 19.1 Å². The average molecular weight is 426 g/mol. The first-order chi connectivity index (χ1) is 15.0. The number of nitrogens with one attached hydrogen (secondary N) is 2. The molecule has 0 radical (unpaired) electrons. The van der Waals surface area contributed by atoms with Gasteiger partial charge in [-0.2, -0.15) is 0 Å². The maximum Gasteiger partial charge on any atom is 0.246 e. The van der Waals surface area contributed by atoms with E-state index in [4.69, 9.17) is 9.26 Å². The zero-order chi connectivity index (χ0) is 21.3. The maximum absolute atomic E-state index is 13.6. The van der Waals surface area contributed by atoms with E-state index in [1.54, 1.807) is 17.9 Å². The van der Waals surface area contributed by atoms with E-state index in [1.807, 2.05) is 12.2 Å². The van der Waals surface area contributed by atoms with Crippen LogP contribution in [0.25, 0.3) is 0 Å². The van der Waals surface area contributed by atoms with Crippen molar-refractivity contribution in [2.75, 3.05) is 5.32 Å². The molecule has 2 aliphatic carbocycles. The van der Waals surface area contributed by atoms with E-state index in [1.165, 1.54) is 0 Å². The molecule has 0 aromatic carbocycles. The Bertz CT molecular complexity index is 978. The monoisotopic (exact) mass is 426 g/mol. The molecule has 31 heavy (non-hydrogen) atoms. The molecule has 2 bridgehead atoms. The molecular formula is C22H26N4O5. The first-order valence-corrected chi connectivity index (χ1v) is 11.2. The van der Waals surface area contributed by atoms with Crippen molar-refractivity contribution in [1.29, 1.82) is 0 Å². The molecule has 9 nitrogen and oxygen atoms in total. The summed E-state index contributed by atoms with van der Waals surface area (Å²) in [6, 6.07) is 1.09. The van der Waals surface area contributed by atoms with Gasteiger partial charge in [-0.05, 0) is 32.6 Å². The second-order valence-corrected chi connectivity index (χ2v) is 9.48. The zero-order valence-corrected chi connectivity index (χ0v) is 17.4. The predicted octanol–water partition coefficient (Wildman–Crippen LogP) is 1.29. The predicted molar refractivity (Wildman–Crippen MR) is 108 cm³/mol. The van der Waals surface area contributed by atoms with Crippen LogP contribution in [0.3, 0.4) is 0 Å². The van der Waals surface area contributed by atoms with Crippen molar-refractivity contribution < 1.29 is 23.6 Å². The summed E-state index contributed by atoms with van der Waals surface area (Å²) in [4.78, 5) is 41.9. The van der Waals surface area contributed by atoms with E-state index in [-0.39, 0.29) is 29.8 Å². The van der Waals surface area contributed by atoms with Crippen molar-refractivity contribution in [2.45, 2.75) is 75.3 Å². The summed E-state index contributed by atoms with van der Waals surface area (Å²) in [5.74, 6) is -1.18. The Hall–Kier alpha value is -2.68. The Balaban J connectivity index is 1.31. The van der Waals surface area contributed by atoms with Crippen LogP contribution in [0.4, 0.5) is 5.82 Å². The second-order valence-electron chi connectivity index (χ2n) is 9.48. The van der Waals surface area contributed by atoms with Crippen LogP contribution in [0.2, 0.25) is 0 Å². The van der Waals surface area contributed by atoms with Gasteiger partial charge in [0, 0.05) is 18.2 Å². The van der Waals surface area contributed by atoms with Gasteiger partial charge in [-0.15, -0.1) is 0 Å². The number of carbonyl (C=O) groups excluding carboxylic acids is 3. The SMILES string of the molecule is Cc1cc(NC(=O)[C@H]2[C@H]3C(=O)N(C4CC4)[C@H](C(=O)NC4CCCC4)[C@@]34C=C[C@H]2O4)no1. The minimum absolute atomic E-state index is 0.0461. The number of aromatic nitrogens is 1. The van der Waals surface area contributed by atoms with E-state index in [2.05, 4.69) is 15.8 Å². The van der Waals surface area contributed by atoms with Crippen molar-refractivity contribution >= 4 is 23.5 Å². The van der Waals surface area contributed by atoms with E-state index < -0.39 is 29.6 Å². The van der Waals surface area contributed by atoms with Crippen LogP contribution >= 0.6 is 0 Å². The quantitative estimate of drug-likeness (QED) is 0.686. The normalized spacial score (nSPS) is 36.3. The summed E-state index contributed by atoms with van der Waals surface area (Å²) < 4.78 is 11.3. The summed E-state index contributed by atoms with van der Waals surface area (Å²) in [5.41, 5.74) is -1.09. The Morgan fingerprint density at radius 1 is 1.19 bits per heavy atom. The summed E-state index contributed by atoms with van der Waals surface area (Å²) in [5, 5.41) is 9.73. The third kappa shape index (κ3) is 2.78. The van der Waals surface area contributed by atoms with Crippen molar-refractivity contribution in [1.82, 2.24) is 15.4 Å². The second kappa shape index (κ2) is 6.66. The van der Waals surface area contributed by atoms with Crippen LogP contribution in [0.1, 0.15) is 44.3 Å². The number of amides is 3. The van der Waals surface area contributed by atoms with Crippen molar-refractivity contribution in [2.24, 2.45) is 11.8 Å². The fourth-order valence-corrected chi connectivity index (χ4v) is 5.94. The highest BCUT2D eigenvalue weighted by Gasteiger charge is 2.74. The van der Waals surface area contributed by atoms with Crippen LogP contribution in [0.5, 0.6) is 0 Å². The average Bonchev–Trinajstić information content (AvgIpc) is 3.14. The Morgan fingerprint density at radius 2 is 1.97 bits per heavy atom. The van der Waals surface area contributed by atoms with Gasteiger partial charge in [0.05, 0.1) is 17.9 Å². The highest BCUT2D eigenvalue weighted by molar-refractivity contribution is 6.02. The van der Waals surface area contributed by atoms with Gasteiger partial charge in [0.1, 0.15) is 17.4 Å². The minimum atomic E-state index is -1.09. The first kappa shape index (κ1) is 19.0. The number of anilines is 1.